The second-order valence-corrected chi connectivity index (χ2v) is 4.78. The Morgan fingerprint density at radius 3 is 2.42 bits per heavy atom. The number of phenols is 1. The highest BCUT2D eigenvalue weighted by molar-refractivity contribution is 5.98. The van der Waals surface area contributed by atoms with Crippen LogP contribution in [-0.4, -0.2) is 23.1 Å². The predicted octanol–water partition coefficient (Wildman–Crippen LogP) is 2.99. The number of carbonyl (C=O) groups excluding carboxylic acids is 2. The molecule has 2 rings (SSSR count). The van der Waals surface area contributed by atoms with Gasteiger partial charge >= 0.3 is 5.97 Å². The number of para-hydroxylation sites is 1. The van der Waals surface area contributed by atoms with Gasteiger partial charge in [0, 0.05) is 0 Å². The molecule has 0 radical (unpaired) electrons. The molecule has 2 aromatic carbocycles. The maximum absolute atomic E-state index is 13.5. The monoisotopic (exact) mass is 339 g/mol. The van der Waals surface area contributed by atoms with Crippen LogP contribution in [0, 0.1) is 17.5 Å². The molecule has 0 fully saturated rings. The molecule has 0 spiro atoms. The Labute approximate surface area is 134 Å². The van der Waals surface area contributed by atoms with E-state index in [-0.39, 0.29) is 11.3 Å². The van der Waals surface area contributed by atoms with Gasteiger partial charge < -0.3 is 15.2 Å². The first-order valence-corrected chi connectivity index (χ1v) is 6.74. The summed E-state index contributed by atoms with van der Waals surface area (Å²) in [5, 5.41) is 11.5. The van der Waals surface area contributed by atoms with Crippen molar-refractivity contribution >= 4 is 17.6 Å². The van der Waals surface area contributed by atoms with Gasteiger partial charge in [0.15, 0.2) is 23.6 Å². The smallest absolute Gasteiger partial charge is 0.342 e. The van der Waals surface area contributed by atoms with E-state index < -0.39 is 41.1 Å². The van der Waals surface area contributed by atoms with Gasteiger partial charge in [0.1, 0.15) is 11.3 Å². The third-order valence-corrected chi connectivity index (χ3v) is 3.07. The zero-order chi connectivity index (χ0) is 17.9. The Kier molecular flexibility index (Phi) is 5.08. The Hall–Kier alpha value is -3.03. The highest BCUT2D eigenvalue weighted by Crippen LogP contribution is 2.21. The van der Waals surface area contributed by atoms with Crippen molar-refractivity contribution < 1.29 is 32.6 Å². The molecular weight excluding hydrogens is 327 g/mol. The first-order valence-electron chi connectivity index (χ1n) is 6.74. The molecule has 2 aromatic rings. The highest BCUT2D eigenvalue weighted by atomic mass is 19.2. The maximum Gasteiger partial charge on any atom is 0.342 e. The number of carbonyl (C=O) groups is 2. The summed E-state index contributed by atoms with van der Waals surface area (Å²) in [6.07, 6.45) is -1.37. The standard InChI is InChI=1S/C16H12F3NO4/c1-8(24-16(23)9-4-2-3-5-12(9)21)15(22)20-11-7-6-10(17)13(18)14(11)19/h2-8,21H,1H3,(H,20,22)/t8-/m0/s1. The third-order valence-electron chi connectivity index (χ3n) is 3.07. The number of aromatic hydroxyl groups is 1. The average molecular weight is 339 g/mol. The molecule has 0 aliphatic heterocycles. The van der Waals surface area contributed by atoms with Gasteiger partial charge in [-0.25, -0.2) is 18.0 Å². The van der Waals surface area contributed by atoms with Gasteiger partial charge in [-0.15, -0.1) is 0 Å². The molecule has 0 aliphatic rings. The van der Waals surface area contributed by atoms with E-state index in [1.54, 1.807) is 0 Å². The fourth-order valence-corrected chi connectivity index (χ4v) is 1.78. The predicted molar refractivity (Wildman–Crippen MR) is 77.9 cm³/mol. The second-order valence-electron chi connectivity index (χ2n) is 4.78. The van der Waals surface area contributed by atoms with Gasteiger partial charge in [-0.05, 0) is 31.2 Å². The van der Waals surface area contributed by atoms with E-state index in [4.69, 9.17) is 4.74 Å². The first kappa shape index (κ1) is 17.3. The van der Waals surface area contributed by atoms with Gasteiger partial charge in [0.05, 0.1) is 5.69 Å². The van der Waals surface area contributed by atoms with E-state index in [2.05, 4.69) is 0 Å². The number of rotatable bonds is 4. The van der Waals surface area contributed by atoms with Crippen molar-refractivity contribution in [2.45, 2.75) is 13.0 Å². The van der Waals surface area contributed by atoms with Crippen molar-refractivity contribution in [3.8, 4) is 5.75 Å². The van der Waals surface area contributed by atoms with Crippen LogP contribution in [0.15, 0.2) is 36.4 Å². The molecule has 1 atom stereocenters. The average Bonchev–Trinajstić information content (AvgIpc) is 2.55. The Morgan fingerprint density at radius 1 is 1.08 bits per heavy atom. The molecule has 1 amide bonds. The Bertz CT molecular complexity index is 795. The highest BCUT2D eigenvalue weighted by Gasteiger charge is 2.23. The number of hydrogen-bond acceptors (Lipinski definition) is 4. The number of amides is 1. The summed E-state index contributed by atoms with van der Waals surface area (Å²) in [5.41, 5.74) is -0.750. The van der Waals surface area contributed by atoms with Gasteiger partial charge in [-0.3, -0.25) is 4.79 Å². The topological polar surface area (TPSA) is 75.6 Å². The molecule has 5 nitrogen and oxygen atoms in total. The normalized spacial score (nSPS) is 11.7. The molecular formula is C16H12F3NO4. The summed E-state index contributed by atoms with van der Waals surface area (Å²) in [5.74, 6) is -6.95. The molecule has 126 valence electrons. The summed E-state index contributed by atoms with van der Waals surface area (Å²) in [6, 6.07) is 7.01. The maximum atomic E-state index is 13.5. The molecule has 0 bridgehead atoms. The van der Waals surface area contributed by atoms with E-state index in [9.17, 15) is 27.9 Å². The number of esters is 1. The van der Waals surface area contributed by atoms with Crippen molar-refractivity contribution in [3.05, 3.63) is 59.4 Å². The van der Waals surface area contributed by atoms with E-state index in [0.717, 1.165) is 6.07 Å². The van der Waals surface area contributed by atoms with Crippen LogP contribution in [-0.2, 0) is 9.53 Å². The zero-order valence-corrected chi connectivity index (χ0v) is 12.3. The lowest BCUT2D eigenvalue weighted by Crippen LogP contribution is -2.30. The molecule has 2 N–H and O–H groups in total. The molecule has 0 heterocycles. The summed E-state index contributed by atoms with van der Waals surface area (Å²) >= 11 is 0. The molecule has 0 saturated carbocycles. The fourth-order valence-electron chi connectivity index (χ4n) is 1.78. The van der Waals surface area contributed by atoms with Crippen LogP contribution >= 0.6 is 0 Å². The molecule has 0 aromatic heterocycles. The van der Waals surface area contributed by atoms with Crippen LogP contribution in [0.1, 0.15) is 17.3 Å². The molecule has 8 heteroatoms. The minimum absolute atomic E-state index is 0.156. The Morgan fingerprint density at radius 2 is 1.75 bits per heavy atom. The van der Waals surface area contributed by atoms with Crippen LogP contribution in [0.5, 0.6) is 5.75 Å². The van der Waals surface area contributed by atoms with Crippen LogP contribution < -0.4 is 5.32 Å². The number of phenolic OH excluding ortho intramolecular Hbond substituents is 1. The van der Waals surface area contributed by atoms with E-state index in [1.165, 1.54) is 31.2 Å². The summed E-state index contributed by atoms with van der Waals surface area (Å²) in [7, 11) is 0. The lowest BCUT2D eigenvalue weighted by Gasteiger charge is -2.14. The first-order chi connectivity index (χ1) is 11.3. The zero-order valence-electron chi connectivity index (χ0n) is 12.3. The third kappa shape index (κ3) is 3.65. The van der Waals surface area contributed by atoms with Crippen LogP contribution in [0.25, 0.3) is 0 Å². The van der Waals surface area contributed by atoms with Crippen molar-refractivity contribution in [1.29, 1.82) is 0 Å². The molecule has 0 aliphatic carbocycles. The minimum atomic E-state index is -1.73. The summed E-state index contributed by atoms with van der Waals surface area (Å²) < 4.78 is 44.3. The SMILES string of the molecule is C[C@H](OC(=O)c1ccccc1O)C(=O)Nc1ccc(F)c(F)c1F. The van der Waals surface area contributed by atoms with Crippen molar-refractivity contribution in [2.75, 3.05) is 5.32 Å². The van der Waals surface area contributed by atoms with Crippen molar-refractivity contribution in [3.63, 3.8) is 0 Å². The number of ether oxygens (including phenoxy) is 1. The number of benzene rings is 2. The second kappa shape index (κ2) is 7.03. The van der Waals surface area contributed by atoms with Gasteiger partial charge in [0.2, 0.25) is 0 Å². The molecule has 0 saturated heterocycles. The van der Waals surface area contributed by atoms with Gasteiger partial charge in [-0.1, -0.05) is 12.1 Å². The molecule has 24 heavy (non-hydrogen) atoms. The van der Waals surface area contributed by atoms with Gasteiger partial charge in [-0.2, -0.15) is 0 Å². The summed E-state index contributed by atoms with van der Waals surface area (Å²) in [6.45, 7) is 1.20. The lowest BCUT2D eigenvalue weighted by molar-refractivity contribution is -0.123. The van der Waals surface area contributed by atoms with Crippen molar-refractivity contribution in [1.82, 2.24) is 0 Å². The number of hydrogen-bond donors (Lipinski definition) is 2. The summed E-state index contributed by atoms with van der Waals surface area (Å²) in [4.78, 5) is 23.7. The number of halogens is 3. The number of anilines is 1. The van der Waals surface area contributed by atoms with E-state index in [0.29, 0.717) is 6.07 Å². The Balaban J connectivity index is 2.07. The lowest BCUT2D eigenvalue weighted by atomic mass is 10.2. The number of nitrogens with one attached hydrogen (secondary N) is 1. The van der Waals surface area contributed by atoms with Crippen molar-refractivity contribution in [2.24, 2.45) is 0 Å². The van der Waals surface area contributed by atoms with Gasteiger partial charge in [0.25, 0.3) is 5.91 Å². The quantitative estimate of drug-likeness (QED) is 0.663. The van der Waals surface area contributed by atoms with Crippen LogP contribution in [0.3, 0.4) is 0 Å². The molecule has 0 unspecified atom stereocenters. The minimum Gasteiger partial charge on any atom is -0.507 e. The largest absolute Gasteiger partial charge is 0.507 e. The fraction of sp³-hybridized carbons (Fsp3) is 0.125. The van der Waals surface area contributed by atoms with E-state index in [1.807, 2.05) is 5.32 Å². The van der Waals surface area contributed by atoms with Crippen LogP contribution in [0.2, 0.25) is 0 Å². The van der Waals surface area contributed by atoms with Crippen LogP contribution in [0.4, 0.5) is 18.9 Å². The van der Waals surface area contributed by atoms with E-state index >= 15 is 0 Å².